The van der Waals surface area contributed by atoms with Crippen molar-refractivity contribution in [2.24, 2.45) is 0 Å². The summed E-state index contributed by atoms with van der Waals surface area (Å²) in [6, 6.07) is 10.2. The molecule has 3 heteroatoms. The second-order valence-corrected chi connectivity index (χ2v) is 4.03. The number of methoxy groups -OCH3 is 1. The van der Waals surface area contributed by atoms with Crippen LogP contribution in [0.2, 0.25) is 0 Å². The average Bonchev–Trinajstić information content (AvgIpc) is 2.34. The zero-order valence-corrected chi connectivity index (χ0v) is 9.94. The lowest BCUT2D eigenvalue weighted by Crippen LogP contribution is -1.92. The van der Waals surface area contributed by atoms with E-state index >= 15 is 0 Å². The molecule has 0 unspecified atom stereocenters. The van der Waals surface area contributed by atoms with Crippen molar-refractivity contribution in [3.8, 4) is 0 Å². The van der Waals surface area contributed by atoms with Gasteiger partial charge in [0.05, 0.1) is 7.11 Å². The molecule has 0 saturated heterocycles. The van der Waals surface area contributed by atoms with Gasteiger partial charge in [-0.3, -0.25) is 0 Å². The van der Waals surface area contributed by atoms with E-state index in [0.717, 1.165) is 5.75 Å². The normalized spacial score (nSPS) is 11.1. The number of ether oxygens (including phenoxy) is 1. The van der Waals surface area contributed by atoms with E-state index in [1.807, 2.05) is 30.4 Å². The van der Waals surface area contributed by atoms with Gasteiger partial charge in [-0.15, -0.1) is 11.8 Å². The number of hydrogen-bond acceptors (Lipinski definition) is 3. The summed E-state index contributed by atoms with van der Waals surface area (Å²) in [5, 5.41) is 0. The minimum Gasteiger partial charge on any atom is -0.466 e. The molecule has 0 amide bonds. The number of allylic oxidation sites excluding steroid dienone is 2. The van der Waals surface area contributed by atoms with Crippen LogP contribution in [0.1, 0.15) is 0 Å². The maximum Gasteiger partial charge on any atom is 0.330 e. The summed E-state index contributed by atoms with van der Waals surface area (Å²) < 4.78 is 4.46. The van der Waals surface area contributed by atoms with Crippen LogP contribution >= 0.6 is 11.8 Å². The van der Waals surface area contributed by atoms with Crippen LogP contribution < -0.4 is 0 Å². The monoisotopic (exact) mass is 234 g/mol. The standard InChI is InChI=1S/C13H14O2S/c1-15-13(14)10-6-3-7-11-16-12-8-4-2-5-9-12/h2-10H,11H2,1H3. The predicted molar refractivity (Wildman–Crippen MR) is 67.5 cm³/mol. The molecule has 0 aliphatic heterocycles. The highest BCUT2D eigenvalue weighted by atomic mass is 32.2. The van der Waals surface area contributed by atoms with Gasteiger partial charge in [0.1, 0.15) is 0 Å². The van der Waals surface area contributed by atoms with Crippen molar-refractivity contribution in [1.82, 2.24) is 0 Å². The van der Waals surface area contributed by atoms with Gasteiger partial charge in [-0.2, -0.15) is 0 Å². The second-order valence-electron chi connectivity index (χ2n) is 2.93. The van der Waals surface area contributed by atoms with Gasteiger partial charge in [0, 0.05) is 16.7 Å². The third-order valence-corrected chi connectivity index (χ3v) is 2.73. The molecule has 0 bridgehead atoms. The van der Waals surface area contributed by atoms with Crippen LogP contribution in [0, 0.1) is 0 Å². The first-order valence-corrected chi connectivity index (χ1v) is 5.90. The van der Waals surface area contributed by atoms with Gasteiger partial charge in [-0.05, 0) is 12.1 Å². The second kappa shape index (κ2) is 7.77. The number of thioether (sulfide) groups is 1. The maximum absolute atomic E-state index is 10.7. The molecule has 1 aromatic rings. The number of carbonyl (C=O) groups is 1. The fourth-order valence-corrected chi connectivity index (χ4v) is 1.75. The van der Waals surface area contributed by atoms with E-state index in [-0.39, 0.29) is 5.97 Å². The Labute approximate surface area is 100 Å². The molecule has 1 aromatic carbocycles. The highest BCUT2D eigenvalue weighted by molar-refractivity contribution is 7.99. The Morgan fingerprint density at radius 1 is 1.31 bits per heavy atom. The van der Waals surface area contributed by atoms with Gasteiger partial charge < -0.3 is 4.74 Å². The quantitative estimate of drug-likeness (QED) is 0.339. The predicted octanol–water partition coefficient (Wildman–Crippen LogP) is 3.06. The van der Waals surface area contributed by atoms with Crippen LogP contribution in [0.25, 0.3) is 0 Å². The summed E-state index contributed by atoms with van der Waals surface area (Å²) >= 11 is 1.75. The fraction of sp³-hybridized carbons (Fsp3) is 0.154. The van der Waals surface area contributed by atoms with E-state index in [0.29, 0.717) is 0 Å². The van der Waals surface area contributed by atoms with Crippen molar-refractivity contribution >= 4 is 17.7 Å². The van der Waals surface area contributed by atoms with Crippen molar-refractivity contribution in [3.05, 3.63) is 54.6 Å². The Morgan fingerprint density at radius 3 is 2.75 bits per heavy atom. The summed E-state index contributed by atoms with van der Waals surface area (Å²) in [5.41, 5.74) is 0. The van der Waals surface area contributed by atoms with Gasteiger partial charge in [0.25, 0.3) is 0 Å². The number of carbonyl (C=O) groups excluding carboxylic acids is 1. The summed E-state index contributed by atoms with van der Waals surface area (Å²) in [4.78, 5) is 12.0. The summed E-state index contributed by atoms with van der Waals surface area (Å²) in [7, 11) is 1.36. The lowest BCUT2D eigenvalue weighted by atomic mass is 10.4. The van der Waals surface area contributed by atoms with Crippen molar-refractivity contribution in [2.75, 3.05) is 12.9 Å². The number of rotatable bonds is 5. The average molecular weight is 234 g/mol. The van der Waals surface area contributed by atoms with Gasteiger partial charge in [0.15, 0.2) is 0 Å². The Hall–Kier alpha value is -1.48. The first-order chi connectivity index (χ1) is 7.83. The molecule has 0 aliphatic carbocycles. The van der Waals surface area contributed by atoms with Crippen LogP contribution in [0.5, 0.6) is 0 Å². The minimum atomic E-state index is -0.333. The van der Waals surface area contributed by atoms with Gasteiger partial charge in [-0.1, -0.05) is 36.4 Å². The fourth-order valence-electron chi connectivity index (χ4n) is 0.997. The third kappa shape index (κ3) is 5.41. The Bertz CT molecular complexity index is 369. The van der Waals surface area contributed by atoms with E-state index in [4.69, 9.17) is 0 Å². The third-order valence-electron chi connectivity index (χ3n) is 1.77. The first kappa shape index (κ1) is 12.6. The van der Waals surface area contributed by atoms with Crippen LogP contribution in [0.4, 0.5) is 0 Å². The Morgan fingerprint density at radius 2 is 2.06 bits per heavy atom. The Kier molecular flexibility index (Phi) is 6.11. The van der Waals surface area contributed by atoms with Crippen molar-refractivity contribution in [2.45, 2.75) is 4.90 Å². The van der Waals surface area contributed by atoms with Crippen molar-refractivity contribution in [3.63, 3.8) is 0 Å². The van der Waals surface area contributed by atoms with Crippen LogP contribution in [0.3, 0.4) is 0 Å². The molecular formula is C13H14O2S. The van der Waals surface area contributed by atoms with E-state index in [9.17, 15) is 4.79 Å². The Balaban J connectivity index is 2.23. The SMILES string of the molecule is COC(=O)C=CC=CCSc1ccccc1. The van der Waals surface area contributed by atoms with E-state index in [2.05, 4.69) is 16.9 Å². The van der Waals surface area contributed by atoms with Crippen molar-refractivity contribution < 1.29 is 9.53 Å². The molecular weight excluding hydrogens is 220 g/mol. The molecule has 0 aromatic heterocycles. The van der Waals surface area contributed by atoms with Gasteiger partial charge in [-0.25, -0.2) is 4.79 Å². The molecule has 16 heavy (non-hydrogen) atoms. The van der Waals surface area contributed by atoms with Gasteiger partial charge in [0.2, 0.25) is 0 Å². The number of hydrogen-bond donors (Lipinski definition) is 0. The van der Waals surface area contributed by atoms with Crippen LogP contribution in [-0.2, 0) is 9.53 Å². The van der Waals surface area contributed by atoms with Crippen molar-refractivity contribution in [1.29, 1.82) is 0 Å². The lowest BCUT2D eigenvalue weighted by molar-refractivity contribution is -0.134. The molecule has 0 fully saturated rings. The summed E-state index contributed by atoms with van der Waals surface area (Å²) in [5.74, 6) is 0.551. The topological polar surface area (TPSA) is 26.3 Å². The smallest absolute Gasteiger partial charge is 0.330 e. The van der Waals surface area contributed by atoms with Crippen LogP contribution in [0.15, 0.2) is 59.5 Å². The highest BCUT2D eigenvalue weighted by Crippen LogP contribution is 2.16. The lowest BCUT2D eigenvalue weighted by Gasteiger charge is -1.95. The largest absolute Gasteiger partial charge is 0.466 e. The molecule has 84 valence electrons. The molecule has 0 aliphatic rings. The molecule has 1 rings (SSSR count). The molecule has 0 atom stereocenters. The van der Waals surface area contributed by atoms with E-state index < -0.39 is 0 Å². The number of esters is 1. The molecule has 0 heterocycles. The van der Waals surface area contributed by atoms with E-state index in [1.54, 1.807) is 17.8 Å². The summed E-state index contributed by atoms with van der Waals surface area (Å²) in [6.07, 6.45) is 6.91. The molecule has 2 nitrogen and oxygen atoms in total. The zero-order valence-electron chi connectivity index (χ0n) is 9.13. The first-order valence-electron chi connectivity index (χ1n) is 4.92. The minimum absolute atomic E-state index is 0.333. The molecule has 0 radical (unpaired) electrons. The van der Waals surface area contributed by atoms with Crippen LogP contribution in [-0.4, -0.2) is 18.8 Å². The van der Waals surface area contributed by atoms with Gasteiger partial charge >= 0.3 is 5.97 Å². The molecule has 0 N–H and O–H groups in total. The zero-order chi connectivity index (χ0) is 11.6. The molecule has 0 saturated carbocycles. The summed E-state index contributed by atoms with van der Waals surface area (Å²) in [6.45, 7) is 0. The maximum atomic E-state index is 10.7. The molecule has 0 spiro atoms. The number of benzene rings is 1. The highest BCUT2D eigenvalue weighted by Gasteiger charge is 1.88. The van der Waals surface area contributed by atoms with E-state index in [1.165, 1.54) is 18.1 Å².